The third-order valence-corrected chi connectivity index (χ3v) is 1.46. The average molecular weight is 174 g/mol. The number of aromatic nitrogens is 2. The van der Waals surface area contributed by atoms with Crippen molar-refractivity contribution in [3.63, 3.8) is 0 Å². The maximum absolute atomic E-state index is 3.76. The predicted octanol–water partition coefficient (Wildman–Crippen LogP) is 3.05. The van der Waals surface area contributed by atoms with Gasteiger partial charge in [-0.05, 0) is 0 Å². The fraction of sp³-hybridized carbons (Fsp3) is 0.273. The highest BCUT2D eigenvalue weighted by molar-refractivity contribution is 5.80. The highest BCUT2D eigenvalue weighted by atomic mass is 15.1. The summed E-state index contributed by atoms with van der Waals surface area (Å²) in [5, 5.41) is 9.80. The first-order valence-corrected chi connectivity index (χ1v) is 4.54. The van der Waals surface area contributed by atoms with Crippen LogP contribution in [0.3, 0.4) is 0 Å². The molecule has 1 aromatic heterocycles. The number of hydrogen-bond donors (Lipinski definition) is 0. The zero-order valence-electron chi connectivity index (χ0n) is 8.07. The number of benzene rings is 1. The molecule has 0 saturated heterocycles. The van der Waals surface area contributed by atoms with Gasteiger partial charge in [0, 0.05) is 10.8 Å². The molecule has 1 aromatic carbocycles. The van der Waals surface area contributed by atoms with Gasteiger partial charge in [-0.1, -0.05) is 44.5 Å². The Morgan fingerprint density at radius 2 is 1.31 bits per heavy atom. The highest BCUT2D eigenvalue weighted by Gasteiger charge is 1.87. The fourth-order valence-electron chi connectivity index (χ4n) is 0.937. The molecule has 13 heavy (non-hydrogen) atoms. The second-order valence-electron chi connectivity index (χ2n) is 2.83. The van der Waals surface area contributed by atoms with Gasteiger partial charge in [-0.15, -0.1) is 0 Å². The van der Waals surface area contributed by atoms with Crippen molar-refractivity contribution < 1.29 is 0 Å². The first-order chi connectivity index (χ1) is 6.38. The first-order valence-electron chi connectivity index (χ1n) is 4.54. The van der Waals surface area contributed by atoms with E-state index in [0.29, 0.717) is 0 Å². The molecule has 0 radical (unpaired) electrons. The predicted molar refractivity (Wildman–Crippen MR) is 55.5 cm³/mol. The molecular formula is C11H14N2. The number of hydrogen-bond acceptors (Lipinski definition) is 2. The Morgan fingerprint density at radius 3 is 1.69 bits per heavy atom. The van der Waals surface area contributed by atoms with Crippen LogP contribution in [0.25, 0.3) is 10.8 Å². The Morgan fingerprint density at radius 1 is 0.923 bits per heavy atom. The van der Waals surface area contributed by atoms with Crippen LogP contribution in [0.1, 0.15) is 20.3 Å². The summed E-state index contributed by atoms with van der Waals surface area (Å²) in [6.45, 7) is 4.25. The summed E-state index contributed by atoms with van der Waals surface area (Å²) in [6.07, 6.45) is 4.77. The molecule has 0 atom stereocenters. The van der Waals surface area contributed by atoms with Crippen LogP contribution in [-0.4, -0.2) is 10.2 Å². The van der Waals surface area contributed by atoms with Gasteiger partial charge in [0.05, 0.1) is 12.4 Å². The lowest BCUT2D eigenvalue weighted by Gasteiger charge is -1.90. The van der Waals surface area contributed by atoms with E-state index in [1.807, 2.05) is 24.3 Å². The van der Waals surface area contributed by atoms with Gasteiger partial charge in [-0.2, -0.15) is 10.2 Å². The molecule has 0 fully saturated rings. The molecule has 2 nitrogen and oxygen atoms in total. The van der Waals surface area contributed by atoms with E-state index in [1.54, 1.807) is 12.4 Å². The molecule has 2 rings (SSSR count). The molecule has 2 heteroatoms. The standard InChI is InChI=1S/C8H6N2.C3H8/c1-2-4-8-6-10-9-5-7(8)3-1;1-3-2/h1-6H;3H2,1-2H3. The first kappa shape index (κ1) is 9.65. The van der Waals surface area contributed by atoms with Crippen molar-refractivity contribution in [2.75, 3.05) is 0 Å². The van der Waals surface area contributed by atoms with Crippen molar-refractivity contribution in [1.82, 2.24) is 10.2 Å². The third kappa shape index (κ3) is 2.82. The Hall–Kier alpha value is -1.44. The molecule has 0 spiro atoms. The van der Waals surface area contributed by atoms with Gasteiger partial charge in [0.15, 0.2) is 0 Å². The number of fused-ring (bicyclic) bond motifs is 1. The van der Waals surface area contributed by atoms with Crippen molar-refractivity contribution in [2.45, 2.75) is 20.3 Å². The normalized spacial score (nSPS) is 9.08. The van der Waals surface area contributed by atoms with Crippen molar-refractivity contribution in [3.8, 4) is 0 Å². The molecule has 0 N–H and O–H groups in total. The quantitative estimate of drug-likeness (QED) is 0.613. The van der Waals surface area contributed by atoms with Crippen LogP contribution in [0.4, 0.5) is 0 Å². The van der Waals surface area contributed by atoms with E-state index in [9.17, 15) is 0 Å². The van der Waals surface area contributed by atoms with Gasteiger partial charge in [0.25, 0.3) is 0 Å². The van der Waals surface area contributed by atoms with Crippen molar-refractivity contribution in [3.05, 3.63) is 36.7 Å². The van der Waals surface area contributed by atoms with Crippen LogP contribution in [-0.2, 0) is 0 Å². The molecule has 0 bridgehead atoms. The fourth-order valence-corrected chi connectivity index (χ4v) is 0.937. The van der Waals surface area contributed by atoms with E-state index in [2.05, 4.69) is 24.0 Å². The van der Waals surface area contributed by atoms with Crippen LogP contribution in [0.15, 0.2) is 36.7 Å². The van der Waals surface area contributed by atoms with Crippen molar-refractivity contribution >= 4 is 10.8 Å². The van der Waals surface area contributed by atoms with Gasteiger partial charge in [-0.25, -0.2) is 0 Å². The summed E-state index contributed by atoms with van der Waals surface area (Å²) in [7, 11) is 0. The third-order valence-electron chi connectivity index (χ3n) is 1.46. The van der Waals surface area contributed by atoms with Crippen LogP contribution < -0.4 is 0 Å². The zero-order valence-corrected chi connectivity index (χ0v) is 8.07. The van der Waals surface area contributed by atoms with E-state index in [0.717, 1.165) is 10.8 Å². The molecular weight excluding hydrogens is 160 g/mol. The summed E-state index contributed by atoms with van der Waals surface area (Å²) in [5.74, 6) is 0. The maximum atomic E-state index is 3.76. The van der Waals surface area contributed by atoms with Crippen LogP contribution in [0.2, 0.25) is 0 Å². The summed E-state index contributed by atoms with van der Waals surface area (Å²) in [4.78, 5) is 0. The maximum Gasteiger partial charge on any atom is 0.0574 e. The van der Waals surface area contributed by atoms with Crippen LogP contribution in [0.5, 0.6) is 0 Å². The van der Waals surface area contributed by atoms with E-state index in [-0.39, 0.29) is 0 Å². The van der Waals surface area contributed by atoms with E-state index in [1.165, 1.54) is 6.42 Å². The minimum Gasteiger partial charge on any atom is -0.158 e. The molecule has 0 aliphatic rings. The SMILES string of the molecule is CCC.c1ccc2cnncc2c1. The van der Waals surface area contributed by atoms with Crippen molar-refractivity contribution in [1.29, 1.82) is 0 Å². The summed E-state index contributed by atoms with van der Waals surface area (Å²) in [6, 6.07) is 8.02. The van der Waals surface area contributed by atoms with Crippen LogP contribution in [0, 0.1) is 0 Å². The Kier molecular flexibility index (Phi) is 3.89. The van der Waals surface area contributed by atoms with Crippen LogP contribution >= 0.6 is 0 Å². The van der Waals surface area contributed by atoms with Gasteiger partial charge in [-0.3, -0.25) is 0 Å². The second-order valence-corrected chi connectivity index (χ2v) is 2.83. The number of rotatable bonds is 0. The van der Waals surface area contributed by atoms with Gasteiger partial charge >= 0.3 is 0 Å². The van der Waals surface area contributed by atoms with Crippen molar-refractivity contribution in [2.24, 2.45) is 0 Å². The Labute approximate surface area is 78.6 Å². The second kappa shape index (κ2) is 5.25. The minimum atomic E-state index is 1.14. The largest absolute Gasteiger partial charge is 0.158 e. The van der Waals surface area contributed by atoms with Gasteiger partial charge in [0.2, 0.25) is 0 Å². The molecule has 2 aromatic rings. The van der Waals surface area contributed by atoms with E-state index in [4.69, 9.17) is 0 Å². The Balaban J connectivity index is 0.000000251. The van der Waals surface area contributed by atoms with E-state index < -0.39 is 0 Å². The molecule has 1 heterocycles. The number of nitrogens with zero attached hydrogens (tertiary/aromatic N) is 2. The lowest BCUT2D eigenvalue weighted by molar-refractivity contribution is 1.05. The smallest absolute Gasteiger partial charge is 0.0574 e. The zero-order chi connectivity index (χ0) is 9.52. The lowest BCUT2D eigenvalue weighted by atomic mass is 10.2. The molecule has 0 unspecified atom stereocenters. The summed E-state index contributed by atoms with van der Waals surface area (Å²) >= 11 is 0. The molecule has 0 aliphatic carbocycles. The topological polar surface area (TPSA) is 25.8 Å². The summed E-state index contributed by atoms with van der Waals surface area (Å²) < 4.78 is 0. The highest BCUT2D eigenvalue weighted by Crippen LogP contribution is 2.08. The van der Waals surface area contributed by atoms with E-state index >= 15 is 0 Å². The molecule has 68 valence electrons. The van der Waals surface area contributed by atoms with Gasteiger partial charge in [0.1, 0.15) is 0 Å². The summed E-state index contributed by atoms with van der Waals surface area (Å²) in [5.41, 5.74) is 0. The Bertz CT molecular complexity index is 292. The minimum absolute atomic E-state index is 1.14. The molecule has 0 saturated carbocycles. The molecule has 0 amide bonds. The lowest BCUT2D eigenvalue weighted by Crippen LogP contribution is -1.77. The molecule has 0 aliphatic heterocycles. The average Bonchev–Trinajstić information content (AvgIpc) is 2.19. The monoisotopic (exact) mass is 174 g/mol. The van der Waals surface area contributed by atoms with Gasteiger partial charge < -0.3 is 0 Å².